The normalized spacial score (nSPS) is 10.7. The van der Waals surface area contributed by atoms with Crippen LogP contribution < -0.4 is 5.32 Å². The molecule has 0 bridgehead atoms. The fourth-order valence-corrected chi connectivity index (χ4v) is 2.27. The van der Waals surface area contributed by atoms with Crippen molar-refractivity contribution in [1.29, 1.82) is 0 Å². The molecule has 0 radical (unpaired) electrons. The summed E-state index contributed by atoms with van der Waals surface area (Å²) in [5.41, 5.74) is 2.21. The van der Waals surface area contributed by atoms with Crippen molar-refractivity contribution in [3.8, 4) is 0 Å². The number of thiol groups is 1. The van der Waals surface area contributed by atoms with E-state index < -0.39 is 0 Å². The number of urea groups is 1. The third-order valence-corrected chi connectivity index (χ3v) is 3.49. The first-order valence-electron chi connectivity index (χ1n) is 7.57. The minimum Gasteiger partial charge on any atom is -0.337 e. The molecular formula is C18H21N3OS. The Bertz CT molecular complexity index is 617. The molecule has 0 fully saturated rings. The summed E-state index contributed by atoms with van der Waals surface area (Å²) in [4.78, 5) is 17.9. The molecule has 1 heterocycles. The van der Waals surface area contributed by atoms with Crippen LogP contribution in [-0.4, -0.2) is 34.8 Å². The fraction of sp³-hybridized carbons (Fsp3) is 0.222. The van der Waals surface area contributed by atoms with Gasteiger partial charge in [-0.15, -0.1) is 0 Å². The fourth-order valence-electron chi connectivity index (χ4n) is 2.06. The van der Waals surface area contributed by atoms with E-state index in [9.17, 15) is 4.79 Å². The molecule has 1 aromatic carbocycles. The first-order valence-corrected chi connectivity index (χ1v) is 8.20. The van der Waals surface area contributed by atoms with Gasteiger partial charge in [0.1, 0.15) is 0 Å². The minimum atomic E-state index is -0.111. The number of carbonyl (C=O) groups excluding carboxylic acids is 1. The topological polar surface area (TPSA) is 45.2 Å². The number of pyridine rings is 1. The molecule has 120 valence electrons. The van der Waals surface area contributed by atoms with Crippen molar-refractivity contribution in [2.24, 2.45) is 0 Å². The Morgan fingerprint density at radius 2 is 1.91 bits per heavy atom. The number of carbonyl (C=O) groups is 1. The zero-order chi connectivity index (χ0) is 16.3. The van der Waals surface area contributed by atoms with Gasteiger partial charge in [-0.1, -0.05) is 30.3 Å². The molecule has 0 aliphatic heterocycles. The highest BCUT2D eigenvalue weighted by molar-refractivity contribution is 7.80. The van der Waals surface area contributed by atoms with Crippen LogP contribution in [0.5, 0.6) is 0 Å². The molecule has 0 atom stereocenters. The van der Waals surface area contributed by atoms with Crippen molar-refractivity contribution >= 4 is 24.7 Å². The second kappa shape index (κ2) is 9.69. The molecule has 1 aromatic heterocycles. The van der Waals surface area contributed by atoms with Gasteiger partial charge in [-0.25, -0.2) is 4.79 Å². The lowest BCUT2D eigenvalue weighted by atomic mass is 10.2. The van der Waals surface area contributed by atoms with Crippen molar-refractivity contribution in [3.05, 3.63) is 72.2 Å². The average Bonchev–Trinajstić information content (AvgIpc) is 2.60. The van der Waals surface area contributed by atoms with Crippen LogP contribution in [0.2, 0.25) is 0 Å². The predicted molar refractivity (Wildman–Crippen MR) is 97.4 cm³/mol. The molecule has 0 aliphatic carbocycles. The van der Waals surface area contributed by atoms with Gasteiger partial charge in [-0.2, -0.15) is 12.6 Å². The zero-order valence-electron chi connectivity index (χ0n) is 12.9. The van der Waals surface area contributed by atoms with Crippen molar-refractivity contribution in [3.63, 3.8) is 0 Å². The molecule has 1 N–H and O–H groups in total. The van der Waals surface area contributed by atoms with E-state index in [4.69, 9.17) is 0 Å². The quantitative estimate of drug-likeness (QED) is 0.767. The number of nitrogens with zero attached hydrogens (tertiary/aromatic N) is 2. The summed E-state index contributed by atoms with van der Waals surface area (Å²) in [6.45, 7) is 1.15. The summed E-state index contributed by atoms with van der Waals surface area (Å²) < 4.78 is 0. The highest BCUT2D eigenvalue weighted by Crippen LogP contribution is 2.04. The Morgan fingerprint density at radius 1 is 1.17 bits per heavy atom. The number of rotatable bonds is 7. The van der Waals surface area contributed by atoms with E-state index >= 15 is 0 Å². The van der Waals surface area contributed by atoms with Gasteiger partial charge in [-0.3, -0.25) is 4.98 Å². The molecular weight excluding hydrogens is 306 g/mol. The molecule has 5 heteroatoms. The van der Waals surface area contributed by atoms with Gasteiger partial charge in [0.25, 0.3) is 0 Å². The predicted octanol–water partition coefficient (Wildman–Crippen LogP) is 3.24. The Hall–Kier alpha value is -2.27. The van der Waals surface area contributed by atoms with Crippen LogP contribution in [0.15, 0.2) is 61.1 Å². The van der Waals surface area contributed by atoms with Gasteiger partial charge in [0.05, 0.1) is 0 Å². The van der Waals surface area contributed by atoms with Gasteiger partial charge < -0.3 is 10.2 Å². The third kappa shape index (κ3) is 6.16. The number of nitrogens with one attached hydrogen (secondary N) is 1. The first kappa shape index (κ1) is 17.1. The lowest BCUT2D eigenvalue weighted by molar-refractivity contribution is 0.218. The maximum absolute atomic E-state index is 12.3. The minimum absolute atomic E-state index is 0.111. The van der Waals surface area contributed by atoms with Gasteiger partial charge in [0, 0.05) is 37.4 Å². The summed E-state index contributed by atoms with van der Waals surface area (Å²) in [5.74, 6) is 0.608. The molecule has 2 rings (SSSR count). The maximum Gasteiger partial charge on any atom is 0.321 e. The van der Waals surface area contributed by atoms with Gasteiger partial charge >= 0.3 is 6.03 Å². The second-order valence-corrected chi connectivity index (χ2v) is 5.43. The molecule has 0 saturated carbocycles. The van der Waals surface area contributed by atoms with Crippen LogP contribution in [0.3, 0.4) is 0 Å². The van der Waals surface area contributed by atoms with E-state index in [1.54, 1.807) is 23.5 Å². The number of aromatic nitrogens is 1. The highest BCUT2D eigenvalue weighted by atomic mass is 32.1. The van der Waals surface area contributed by atoms with E-state index in [0.717, 1.165) is 17.5 Å². The molecule has 0 unspecified atom stereocenters. The van der Waals surface area contributed by atoms with E-state index in [0.29, 0.717) is 18.8 Å². The van der Waals surface area contributed by atoms with E-state index in [-0.39, 0.29) is 6.03 Å². The van der Waals surface area contributed by atoms with Crippen LogP contribution in [0, 0.1) is 0 Å². The Morgan fingerprint density at radius 3 is 2.61 bits per heavy atom. The summed E-state index contributed by atoms with van der Waals surface area (Å²) in [6, 6.07) is 13.7. The summed E-state index contributed by atoms with van der Waals surface area (Å²) in [5, 5.41) is 2.93. The zero-order valence-corrected chi connectivity index (χ0v) is 13.8. The lowest BCUT2D eigenvalue weighted by Crippen LogP contribution is -2.38. The molecule has 2 aromatic rings. The lowest BCUT2D eigenvalue weighted by Gasteiger charge is -2.18. The third-order valence-electron chi connectivity index (χ3n) is 3.29. The second-order valence-electron chi connectivity index (χ2n) is 4.98. The number of hydrogen-bond acceptors (Lipinski definition) is 3. The average molecular weight is 327 g/mol. The van der Waals surface area contributed by atoms with E-state index in [1.165, 1.54) is 0 Å². The summed E-state index contributed by atoms with van der Waals surface area (Å²) in [7, 11) is 0. The molecule has 0 saturated heterocycles. The van der Waals surface area contributed by atoms with Crippen molar-refractivity contribution in [1.82, 2.24) is 15.2 Å². The Labute approximate surface area is 142 Å². The molecule has 0 aliphatic rings. The van der Waals surface area contributed by atoms with Crippen LogP contribution in [0.25, 0.3) is 6.08 Å². The van der Waals surface area contributed by atoms with Gasteiger partial charge in [0.2, 0.25) is 0 Å². The van der Waals surface area contributed by atoms with E-state index in [2.05, 4.69) is 22.9 Å². The monoisotopic (exact) mass is 327 g/mol. The van der Waals surface area contributed by atoms with Gasteiger partial charge in [0.15, 0.2) is 0 Å². The SMILES string of the molecule is O=C(NCCc1ccncc1)N(C=Cc1ccccc1)CCS. The van der Waals surface area contributed by atoms with Crippen LogP contribution >= 0.6 is 12.6 Å². The van der Waals surface area contributed by atoms with Crippen LogP contribution in [0.1, 0.15) is 11.1 Å². The Balaban J connectivity index is 1.86. The van der Waals surface area contributed by atoms with Gasteiger partial charge in [-0.05, 0) is 35.8 Å². The number of benzene rings is 1. The molecule has 2 amide bonds. The summed E-state index contributed by atoms with van der Waals surface area (Å²) in [6.07, 6.45) is 8.02. The molecule has 0 spiro atoms. The number of hydrogen-bond donors (Lipinski definition) is 2. The molecule has 23 heavy (non-hydrogen) atoms. The van der Waals surface area contributed by atoms with Crippen molar-refractivity contribution < 1.29 is 4.79 Å². The Kier molecular flexibility index (Phi) is 7.20. The summed E-state index contributed by atoms with van der Waals surface area (Å²) >= 11 is 4.22. The van der Waals surface area contributed by atoms with Crippen LogP contribution in [0.4, 0.5) is 4.79 Å². The van der Waals surface area contributed by atoms with E-state index in [1.807, 2.05) is 48.5 Å². The van der Waals surface area contributed by atoms with Crippen molar-refractivity contribution in [2.75, 3.05) is 18.8 Å². The first-order chi connectivity index (χ1) is 11.3. The largest absolute Gasteiger partial charge is 0.337 e. The highest BCUT2D eigenvalue weighted by Gasteiger charge is 2.08. The smallest absolute Gasteiger partial charge is 0.321 e. The van der Waals surface area contributed by atoms with Crippen LogP contribution in [-0.2, 0) is 6.42 Å². The molecule has 4 nitrogen and oxygen atoms in total. The standard InChI is InChI=1S/C18H21N3OS/c22-18(20-12-8-17-6-10-19-11-7-17)21(14-15-23)13-9-16-4-2-1-3-5-16/h1-7,9-11,13,23H,8,12,14-15H2,(H,20,22). The number of amides is 2. The maximum atomic E-state index is 12.3. The van der Waals surface area contributed by atoms with Crippen molar-refractivity contribution in [2.45, 2.75) is 6.42 Å².